The van der Waals surface area contributed by atoms with Crippen LogP contribution in [0.25, 0.3) is 0 Å². The second kappa shape index (κ2) is 7.42. The molecule has 4 nitrogen and oxygen atoms in total. The van der Waals surface area contributed by atoms with E-state index >= 15 is 0 Å². The number of hydrogen-bond donors (Lipinski definition) is 1. The van der Waals surface area contributed by atoms with Gasteiger partial charge in [0.15, 0.2) is 0 Å². The minimum absolute atomic E-state index is 0. The lowest BCUT2D eigenvalue weighted by Crippen LogP contribution is -2.47. The van der Waals surface area contributed by atoms with E-state index < -0.39 is 10.0 Å². The monoisotopic (exact) mass is 402 g/mol. The fourth-order valence-corrected chi connectivity index (χ4v) is 5.05. The molecule has 0 bridgehead atoms. The van der Waals surface area contributed by atoms with E-state index in [4.69, 9.17) is 17.3 Å². The topological polar surface area (TPSA) is 63.4 Å². The molecule has 0 aromatic heterocycles. The van der Waals surface area contributed by atoms with Gasteiger partial charge in [0.2, 0.25) is 10.0 Å². The molecule has 1 unspecified atom stereocenters. The Kier molecular flexibility index (Phi) is 6.76. The zero-order valence-corrected chi connectivity index (χ0v) is 14.7. The molecule has 1 aliphatic rings. The first-order valence-corrected chi connectivity index (χ1v) is 8.75. The van der Waals surface area contributed by atoms with Gasteiger partial charge in [0.1, 0.15) is 4.90 Å². The second-order valence-electron chi connectivity index (χ2n) is 4.58. The molecular weight excluding hydrogens is 387 g/mol. The number of piperidine rings is 1. The van der Waals surface area contributed by atoms with Gasteiger partial charge in [0.05, 0.1) is 5.02 Å². The molecule has 0 amide bonds. The molecule has 0 radical (unpaired) electrons. The van der Waals surface area contributed by atoms with Crippen molar-refractivity contribution in [3.8, 4) is 0 Å². The van der Waals surface area contributed by atoms with Crippen LogP contribution >= 0.6 is 39.9 Å². The third kappa shape index (κ3) is 3.67. The SMILES string of the molecule is Cl.NCC1CCCCN1S(=O)(=O)c1ccc(Br)cc1Cl. The number of nitrogens with zero attached hydrogens (tertiary/aromatic N) is 1. The van der Waals surface area contributed by atoms with Gasteiger partial charge < -0.3 is 5.73 Å². The largest absolute Gasteiger partial charge is 0.329 e. The van der Waals surface area contributed by atoms with E-state index in [2.05, 4.69) is 15.9 Å². The first kappa shape index (κ1) is 18.2. The summed E-state index contributed by atoms with van der Waals surface area (Å²) in [5.74, 6) is 0. The maximum atomic E-state index is 12.7. The Morgan fingerprint density at radius 1 is 1.40 bits per heavy atom. The Bertz CT molecular complexity index is 569. The van der Waals surface area contributed by atoms with Crippen LogP contribution in [-0.2, 0) is 10.0 Å². The Morgan fingerprint density at radius 2 is 2.10 bits per heavy atom. The van der Waals surface area contributed by atoms with Crippen LogP contribution in [0.15, 0.2) is 27.6 Å². The summed E-state index contributed by atoms with van der Waals surface area (Å²) in [6.45, 7) is 0.851. The molecule has 1 aromatic carbocycles. The minimum Gasteiger partial charge on any atom is -0.329 e. The van der Waals surface area contributed by atoms with Crippen molar-refractivity contribution in [3.63, 3.8) is 0 Å². The summed E-state index contributed by atoms with van der Waals surface area (Å²) in [4.78, 5) is 0.151. The second-order valence-corrected chi connectivity index (χ2v) is 7.76. The van der Waals surface area contributed by atoms with Gasteiger partial charge in [-0.15, -0.1) is 12.4 Å². The van der Waals surface area contributed by atoms with Crippen molar-refractivity contribution in [2.75, 3.05) is 13.1 Å². The summed E-state index contributed by atoms with van der Waals surface area (Å²) in [5, 5.41) is 0.232. The van der Waals surface area contributed by atoms with Gasteiger partial charge >= 0.3 is 0 Å². The number of nitrogens with two attached hydrogens (primary N) is 1. The fraction of sp³-hybridized carbons (Fsp3) is 0.500. The van der Waals surface area contributed by atoms with E-state index in [-0.39, 0.29) is 28.4 Å². The molecular formula is C12H17BrCl2N2O2S. The third-order valence-electron chi connectivity index (χ3n) is 3.33. The van der Waals surface area contributed by atoms with E-state index in [0.717, 1.165) is 23.7 Å². The molecule has 20 heavy (non-hydrogen) atoms. The Balaban J connectivity index is 0.00000200. The first-order chi connectivity index (χ1) is 8.96. The highest BCUT2D eigenvalue weighted by molar-refractivity contribution is 9.10. The van der Waals surface area contributed by atoms with Crippen LogP contribution in [0.3, 0.4) is 0 Å². The number of halogens is 3. The van der Waals surface area contributed by atoms with Crippen LogP contribution < -0.4 is 5.73 Å². The minimum atomic E-state index is -3.57. The number of benzene rings is 1. The summed E-state index contributed by atoms with van der Waals surface area (Å²) >= 11 is 9.33. The van der Waals surface area contributed by atoms with Crippen molar-refractivity contribution in [1.82, 2.24) is 4.31 Å². The molecule has 1 heterocycles. The van der Waals surface area contributed by atoms with Gasteiger partial charge in [-0.2, -0.15) is 4.31 Å². The van der Waals surface area contributed by atoms with E-state index in [1.165, 1.54) is 10.4 Å². The normalized spacial score (nSPS) is 20.4. The molecule has 2 rings (SSSR count). The van der Waals surface area contributed by atoms with E-state index in [9.17, 15) is 8.42 Å². The van der Waals surface area contributed by atoms with Crippen molar-refractivity contribution < 1.29 is 8.42 Å². The lowest BCUT2D eigenvalue weighted by Gasteiger charge is -2.34. The van der Waals surface area contributed by atoms with E-state index in [0.29, 0.717) is 13.1 Å². The van der Waals surface area contributed by atoms with Crippen LogP contribution in [0, 0.1) is 0 Å². The average molecular weight is 404 g/mol. The molecule has 0 aliphatic carbocycles. The lowest BCUT2D eigenvalue weighted by atomic mass is 10.1. The average Bonchev–Trinajstić information content (AvgIpc) is 2.38. The smallest absolute Gasteiger partial charge is 0.244 e. The predicted octanol–water partition coefficient (Wildman–Crippen LogP) is 3.03. The van der Waals surface area contributed by atoms with E-state index in [1.54, 1.807) is 12.1 Å². The quantitative estimate of drug-likeness (QED) is 0.843. The van der Waals surface area contributed by atoms with Crippen LogP contribution in [0.5, 0.6) is 0 Å². The van der Waals surface area contributed by atoms with Gasteiger partial charge in [-0.1, -0.05) is 34.0 Å². The van der Waals surface area contributed by atoms with Crippen LogP contribution in [0.1, 0.15) is 19.3 Å². The highest BCUT2D eigenvalue weighted by Gasteiger charge is 2.33. The van der Waals surface area contributed by atoms with Gasteiger partial charge in [-0.25, -0.2) is 8.42 Å². The predicted molar refractivity (Wildman–Crippen MR) is 87.0 cm³/mol. The highest BCUT2D eigenvalue weighted by atomic mass is 79.9. The Labute approximate surface area is 139 Å². The number of rotatable bonds is 3. The van der Waals surface area contributed by atoms with Crippen LogP contribution in [0.2, 0.25) is 5.02 Å². The van der Waals surface area contributed by atoms with Crippen LogP contribution in [-0.4, -0.2) is 31.9 Å². The summed E-state index contributed by atoms with van der Waals surface area (Å²) in [6.07, 6.45) is 2.69. The highest BCUT2D eigenvalue weighted by Crippen LogP contribution is 2.31. The molecule has 8 heteroatoms. The summed E-state index contributed by atoms with van der Waals surface area (Å²) in [5.41, 5.74) is 5.68. The summed E-state index contributed by atoms with van der Waals surface area (Å²) < 4.78 is 27.6. The molecule has 0 saturated carbocycles. The fourth-order valence-electron chi connectivity index (χ4n) is 2.34. The van der Waals surface area contributed by atoms with Gasteiger partial charge in [-0.3, -0.25) is 0 Å². The molecule has 0 spiro atoms. The van der Waals surface area contributed by atoms with Gasteiger partial charge in [0.25, 0.3) is 0 Å². The van der Waals surface area contributed by atoms with Crippen molar-refractivity contribution in [2.45, 2.75) is 30.2 Å². The van der Waals surface area contributed by atoms with Crippen molar-refractivity contribution in [1.29, 1.82) is 0 Å². The molecule has 114 valence electrons. The molecule has 1 fully saturated rings. The summed E-state index contributed by atoms with van der Waals surface area (Å²) in [6, 6.07) is 4.68. The maximum Gasteiger partial charge on any atom is 0.244 e. The molecule has 1 aliphatic heterocycles. The zero-order valence-electron chi connectivity index (χ0n) is 10.8. The van der Waals surface area contributed by atoms with Gasteiger partial charge in [0, 0.05) is 23.6 Å². The molecule has 1 saturated heterocycles. The van der Waals surface area contributed by atoms with Crippen LogP contribution in [0.4, 0.5) is 0 Å². The standard InChI is InChI=1S/C12H16BrClN2O2S.ClH/c13-9-4-5-12(11(14)7-9)19(17,18)16-6-2-1-3-10(16)8-15;/h4-5,7,10H,1-3,6,8,15H2;1H. The molecule has 1 aromatic rings. The Hall–Kier alpha value is 0.150. The maximum absolute atomic E-state index is 12.7. The Morgan fingerprint density at radius 3 is 2.70 bits per heavy atom. The number of sulfonamides is 1. The van der Waals surface area contributed by atoms with Gasteiger partial charge in [-0.05, 0) is 31.0 Å². The van der Waals surface area contributed by atoms with Crippen molar-refractivity contribution in [3.05, 3.63) is 27.7 Å². The number of hydrogen-bond acceptors (Lipinski definition) is 3. The third-order valence-corrected chi connectivity index (χ3v) is 6.25. The van der Waals surface area contributed by atoms with Crippen molar-refractivity contribution >= 4 is 50.0 Å². The lowest BCUT2D eigenvalue weighted by molar-refractivity contribution is 0.257. The first-order valence-electron chi connectivity index (χ1n) is 6.14. The zero-order chi connectivity index (χ0) is 14.0. The summed E-state index contributed by atoms with van der Waals surface area (Å²) in [7, 11) is -3.57. The van der Waals surface area contributed by atoms with Crippen molar-refractivity contribution in [2.24, 2.45) is 5.73 Å². The molecule has 2 N–H and O–H groups in total. The van der Waals surface area contributed by atoms with E-state index in [1.807, 2.05) is 0 Å². The molecule has 1 atom stereocenters.